The zero-order chi connectivity index (χ0) is 13.4. The van der Waals surface area contributed by atoms with Crippen molar-refractivity contribution in [2.45, 2.75) is 6.92 Å². The Morgan fingerprint density at radius 3 is 2.63 bits per heavy atom. The monoisotopic (exact) mass is 253 g/mol. The molecule has 0 spiro atoms. The van der Waals surface area contributed by atoms with Crippen molar-refractivity contribution in [3.8, 4) is 11.3 Å². The Morgan fingerprint density at radius 2 is 1.95 bits per heavy atom. The number of hydrogen-bond donors (Lipinski definition) is 1. The van der Waals surface area contributed by atoms with Crippen LogP contribution < -0.4 is 0 Å². The molecule has 2 aromatic heterocycles. The summed E-state index contributed by atoms with van der Waals surface area (Å²) in [5.74, 6) is -1.05. The van der Waals surface area contributed by atoms with Crippen molar-refractivity contribution < 1.29 is 9.90 Å². The fourth-order valence-electron chi connectivity index (χ4n) is 2.02. The number of aromatic carboxylic acids is 1. The van der Waals surface area contributed by atoms with Crippen molar-refractivity contribution in [2.24, 2.45) is 0 Å². The third-order valence-electron chi connectivity index (χ3n) is 2.84. The summed E-state index contributed by atoms with van der Waals surface area (Å²) in [6.07, 6.45) is 0. The summed E-state index contributed by atoms with van der Waals surface area (Å²) >= 11 is 0. The summed E-state index contributed by atoms with van der Waals surface area (Å²) in [5.41, 5.74) is 3.16. The number of carbonyl (C=O) groups is 1. The van der Waals surface area contributed by atoms with E-state index in [-0.39, 0.29) is 5.69 Å². The molecule has 0 saturated heterocycles. The number of nitrogens with zero attached hydrogens (tertiary/aromatic N) is 3. The molecule has 0 atom stereocenters. The van der Waals surface area contributed by atoms with E-state index in [1.807, 2.05) is 43.3 Å². The molecule has 5 heteroatoms. The maximum atomic E-state index is 11.0. The van der Waals surface area contributed by atoms with Gasteiger partial charge < -0.3 is 5.11 Å². The highest BCUT2D eigenvalue weighted by molar-refractivity contribution is 5.87. The Bertz CT molecular complexity index is 763. The van der Waals surface area contributed by atoms with Gasteiger partial charge in [-0.15, -0.1) is 0 Å². The lowest BCUT2D eigenvalue weighted by Gasteiger charge is -2.05. The van der Waals surface area contributed by atoms with Crippen LogP contribution in [0.4, 0.5) is 0 Å². The van der Waals surface area contributed by atoms with Gasteiger partial charge in [0, 0.05) is 17.3 Å². The average molecular weight is 253 g/mol. The average Bonchev–Trinajstić information content (AvgIpc) is 2.82. The van der Waals surface area contributed by atoms with Gasteiger partial charge in [0.2, 0.25) is 0 Å². The van der Waals surface area contributed by atoms with Crippen molar-refractivity contribution in [2.75, 3.05) is 0 Å². The first kappa shape index (κ1) is 11.4. The molecule has 0 aliphatic heterocycles. The fourth-order valence-corrected chi connectivity index (χ4v) is 2.02. The lowest BCUT2D eigenvalue weighted by molar-refractivity contribution is 0.0690. The number of rotatable bonds is 2. The van der Waals surface area contributed by atoms with Crippen molar-refractivity contribution in [3.63, 3.8) is 0 Å². The van der Waals surface area contributed by atoms with Crippen molar-refractivity contribution in [1.29, 1.82) is 0 Å². The minimum atomic E-state index is -1.05. The topological polar surface area (TPSA) is 67.5 Å². The number of aromatic nitrogens is 3. The zero-order valence-electron chi connectivity index (χ0n) is 10.2. The molecule has 94 valence electrons. The zero-order valence-corrected chi connectivity index (χ0v) is 10.2. The molecule has 3 rings (SSSR count). The van der Waals surface area contributed by atoms with Gasteiger partial charge in [-0.25, -0.2) is 14.3 Å². The van der Waals surface area contributed by atoms with Crippen LogP contribution in [0.3, 0.4) is 0 Å². The Balaban J connectivity index is 2.32. The fraction of sp³-hybridized carbons (Fsp3) is 0.0714. The van der Waals surface area contributed by atoms with Gasteiger partial charge in [0.15, 0.2) is 11.3 Å². The van der Waals surface area contributed by atoms with Crippen LogP contribution in [0.15, 0.2) is 42.5 Å². The van der Waals surface area contributed by atoms with Crippen LogP contribution in [0.25, 0.3) is 16.9 Å². The lowest BCUT2D eigenvalue weighted by atomic mass is 10.1. The summed E-state index contributed by atoms with van der Waals surface area (Å²) in [4.78, 5) is 15.3. The van der Waals surface area contributed by atoms with E-state index in [0.29, 0.717) is 5.65 Å². The van der Waals surface area contributed by atoms with E-state index in [9.17, 15) is 4.79 Å². The van der Waals surface area contributed by atoms with Crippen molar-refractivity contribution in [3.05, 3.63) is 53.9 Å². The summed E-state index contributed by atoms with van der Waals surface area (Å²) in [5, 5.41) is 13.1. The molecular weight excluding hydrogens is 242 g/mol. The molecule has 5 nitrogen and oxygen atoms in total. The van der Waals surface area contributed by atoms with E-state index in [4.69, 9.17) is 5.11 Å². The quantitative estimate of drug-likeness (QED) is 0.761. The number of hydrogen-bond acceptors (Lipinski definition) is 3. The maximum absolute atomic E-state index is 11.0. The third-order valence-corrected chi connectivity index (χ3v) is 2.84. The predicted octanol–water partition coefficient (Wildman–Crippen LogP) is 2.40. The molecule has 2 heterocycles. The van der Waals surface area contributed by atoms with E-state index in [1.54, 1.807) is 4.52 Å². The number of aryl methyl sites for hydroxylation is 1. The Morgan fingerprint density at radius 1 is 1.21 bits per heavy atom. The molecule has 0 fully saturated rings. The summed E-state index contributed by atoms with van der Waals surface area (Å²) in [7, 11) is 0. The van der Waals surface area contributed by atoms with Crippen LogP contribution in [0.5, 0.6) is 0 Å². The molecule has 19 heavy (non-hydrogen) atoms. The van der Waals surface area contributed by atoms with Gasteiger partial charge in [0.05, 0.1) is 5.69 Å². The number of carboxylic acids is 1. The molecule has 3 aromatic rings. The van der Waals surface area contributed by atoms with Gasteiger partial charge in [-0.3, -0.25) is 0 Å². The van der Waals surface area contributed by atoms with Gasteiger partial charge in [-0.1, -0.05) is 30.3 Å². The van der Waals surface area contributed by atoms with Crippen molar-refractivity contribution >= 4 is 11.6 Å². The Labute approximate surface area is 109 Å². The molecule has 0 bridgehead atoms. The van der Waals surface area contributed by atoms with Crippen LogP contribution in [0, 0.1) is 6.92 Å². The summed E-state index contributed by atoms with van der Waals surface area (Å²) < 4.78 is 1.56. The smallest absolute Gasteiger partial charge is 0.356 e. The molecule has 0 saturated carbocycles. The molecule has 1 N–H and O–H groups in total. The molecule has 0 aliphatic rings. The third kappa shape index (κ3) is 1.95. The number of carboxylic acid groups (broad SMARTS) is 1. The normalized spacial score (nSPS) is 10.8. The Hall–Kier alpha value is -2.69. The summed E-state index contributed by atoms with van der Waals surface area (Å²) in [6, 6.07) is 13.1. The largest absolute Gasteiger partial charge is 0.476 e. The number of benzene rings is 1. The number of fused-ring (bicyclic) bond motifs is 1. The second-order valence-corrected chi connectivity index (χ2v) is 4.25. The minimum Gasteiger partial charge on any atom is -0.476 e. The van der Waals surface area contributed by atoms with Gasteiger partial charge in [-0.2, -0.15) is 5.10 Å². The van der Waals surface area contributed by atoms with E-state index in [0.717, 1.165) is 17.0 Å². The molecule has 1 aromatic carbocycles. The maximum Gasteiger partial charge on any atom is 0.356 e. The second-order valence-electron chi connectivity index (χ2n) is 4.25. The first-order valence-electron chi connectivity index (χ1n) is 5.81. The highest BCUT2D eigenvalue weighted by Gasteiger charge is 2.13. The molecule has 0 aliphatic carbocycles. The SMILES string of the molecule is Cc1cc(-c2ccccc2)n2nc(C(=O)O)cc2n1. The van der Waals surface area contributed by atoms with E-state index in [2.05, 4.69) is 10.1 Å². The van der Waals surface area contributed by atoms with E-state index in [1.165, 1.54) is 6.07 Å². The lowest BCUT2D eigenvalue weighted by Crippen LogP contribution is -2.00. The van der Waals surface area contributed by atoms with Gasteiger partial charge in [0.1, 0.15) is 0 Å². The van der Waals surface area contributed by atoms with Crippen molar-refractivity contribution in [1.82, 2.24) is 14.6 Å². The van der Waals surface area contributed by atoms with Crippen LogP contribution in [-0.4, -0.2) is 25.7 Å². The van der Waals surface area contributed by atoms with Gasteiger partial charge in [0.25, 0.3) is 0 Å². The first-order valence-corrected chi connectivity index (χ1v) is 5.81. The van der Waals surface area contributed by atoms with E-state index >= 15 is 0 Å². The Kier molecular flexibility index (Phi) is 2.52. The van der Waals surface area contributed by atoms with Crippen LogP contribution in [0.2, 0.25) is 0 Å². The molecule has 0 amide bonds. The first-order chi connectivity index (χ1) is 9.15. The minimum absolute atomic E-state index is 0.00437. The molecular formula is C14H11N3O2. The van der Waals surface area contributed by atoms with Gasteiger partial charge in [-0.05, 0) is 13.0 Å². The highest BCUT2D eigenvalue weighted by atomic mass is 16.4. The second kappa shape index (κ2) is 4.20. The standard InChI is InChI=1S/C14H11N3O2/c1-9-7-12(10-5-3-2-4-6-10)17-13(15-9)8-11(16-17)14(18)19/h2-8H,1H3,(H,18,19). The van der Waals surface area contributed by atoms with Crippen LogP contribution in [-0.2, 0) is 0 Å². The highest BCUT2D eigenvalue weighted by Crippen LogP contribution is 2.21. The van der Waals surface area contributed by atoms with E-state index < -0.39 is 5.97 Å². The summed E-state index contributed by atoms with van der Waals surface area (Å²) in [6.45, 7) is 1.87. The molecule has 0 radical (unpaired) electrons. The van der Waals surface area contributed by atoms with Gasteiger partial charge >= 0.3 is 5.97 Å². The van der Waals surface area contributed by atoms with Crippen LogP contribution in [0.1, 0.15) is 16.2 Å². The predicted molar refractivity (Wildman–Crippen MR) is 70.1 cm³/mol. The molecule has 0 unspecified atom stereocenters. The van der Waals surface area contributed by atoms with Crippen LogP contribution >= 0.6 is 0 Å².